The third kappa shape index (κ3) is 10.1. The van der Waals surface area contributed by atoms with E-state index in [-0.39, 0.29) is 5.56 Å². The lowest BCUT2D eigenvalue weighted by Gasteiger charge is -2.28. The molecule has 0 aromatic heterocycles. The van der Waals surface area contributed by atoms with Crippen molar-refractivity contribution in [3.8, 4) is 5.75 Å². The number of carboxylic acid groups (broad SMARTS) is 1. The number of rotatable bonds is 13. The molecule has 0 saturated carbocycles. The Kier molecular flexibility index (Phi) is 11.0. The largest absolute Gasteiger partial charge is 0.493 e. The van der Waals surface area contributed by atoms with Crippen LogP contribution in [0.4, 0.5) is 4.79 Å². The van der Waals surface area contributed by atoms with Gasteiger partial charge in [-0.3, -0.25) is 0 Å². The molecule has 0 atom stereocenters. The molecule has 0 aliphatic heterocycles. The molecule has 6 nitrogen and oxygen atoms in total. The third-order valence-electron chi connectivity index (χ3n) is 6.38. The van der Waals surface area contributed by atoms with E-state index >= 15 is 0 Å². The number of carboxylic acids is 1. The second-order valence-electron chi connectivity index (χ2n) is 10.9. The number of nitrogens with zero attached hydrogens (tertiary/aromatic N) is 1. The standard InChI is InChI=1S/C33H41NO5/c1-25-23-27(18-19-29(25)31(35)36)24-34(32(37)39-33(2,3)4)21-20-28-16-10-11-17-30(28)38-22-12-6-9-15-26-13-7-5-8-14-26/h5,7-8,10-11,13-14,16-19,23H,6,9,12,15,20-22,24H2,1-4H3,(H,35,36). The molecule has 0 heterocycles. The highest BCUT2D eigenvalue weighted by atomic mass is 16.6. The number of hydrogen-bond donors (Lipinski definition) is 1. The van der Waals surface area contributed by atoms with Crippen LogP contribution < -0.4 is 4.74 Å². The number of benzene rings is 3. The predicted octanol–water partition coefficient (Wildman–Crippen LogP) is 7.46. The number of aryl methyl sites for hydroxylation is 2. The Bertz CT molecular complexity index is 1220. The number of aromatic carboxylic acids is 1. The molecular weight excluding hydrogens is 490 g/mol. The first-order chi connectivity index (χ1) is 18.6. The van der Waals surface area contributed by atoms with E-state index in [0.29, 0.717) is 31.7 Å². The van der Waals surface area contributed by atoms with Gasteiger partial charge in [0.2, 0.25) is 0 Å². The fourth-order valence-corrected chi connectivity index (χ4v) is 4.39. The molecule has 0 saturated heterocycles. The molecule has 6 heteroatoms. The second-order valence-corrected chi connectivity index (χ2v) is 10.9. The number of amides is 1. The fraction of sp³-hybridized carbons (Fsp3) is 0.394. The molecule has 3 aromatic carbocycles. The Balaban J connectivity index is 1.59. The maximum absolute atomic E-state index is 13.1. The van der Waals surface area contributed by atoms with E-state index in [2.05, 4.69) is 24.3 Å². The molecule has 3 aromatic rings. The monoisotopic (exact) mass is 531 g/mol. The van der Waals surface area contributed by atoms with Crippen molar-refractivity contribution in [2.24, 2.45) is 0 Å². The molecule has 3 rings (SSSR count). The van der Waals surface area contributed by atoms with Gasteiger partial charge < -0.3 is 19.5 Å². The lowest BCUT2D eigenvalue weighted by molar-refractivity contribution is 0.0235. The van der Waals surface area contributed by atoms with Gasteiger partial charge in [-0.05, 0) is 94.2 Å². The van der Waals surface area contributed by atoms with Crippen molar-refractivity contribution in [3.05, 3.63) is 101 Å². The molecular formula is C33H41NO5. The summed E-state index contributed by atoms with van der Waals surface area (Å²) in [5, 5.41) is 9.35. The number of para-hydroxylation sites is 1. The van der Waals surface area contributed by atoms with E-state index in [0.717, 1.165) is 42.6 Å². The summed E-state index contributed by atoms with van der Waals surface area (Å²) in [6.45, 7) is 8.70. The minimum absolute atomic E-state index is 0.258. The zero-order chi connectivity index (χ0) is 28.3. The van der Waals surface area contributed by atoms with Crippen LogP contribution in [0.5, 0.6) is 5.75 Å². The minimum Gasteiger partial charge on any atom is -0.493 e. The smallest absolute Gasteiger partial charge is 0.410 e. The summed E-state index contributed by atoms with van der Waals surface area (Å²) in [7, 11) is 0. The van der Waals surface area contributed by atoms with Crippen molar-refractivity contribution in [1.82, 2.24) is 4.90 Å². The molecule has 0 unspecified atom stereocenters. The third-order valence-corrected chi connectivity index (χ3v) is 6.38. The van der Waals surface area contributed by atoms with Gasteiger partial charge in [-0.1, -0.05) is 60.7 Å². The summed E-state index contributed by atoms with van der Waals surface area (Å²) >= 11 is 0. The molecule has 1 amide bonds. The number of hydrogen-bond acceptors (Lipinski definition) is 4. The molecule has 0 spiro atoms. The topological polar surface area (TPSA) is 76.1 Å². The van der Waals surface area contributed by atoms with Gasteiger partial charge >= 0.3 is 12.1 Å². The Morgan fingerprint density at radius 3 is 2.26 bits per heavy atom. The Labute approximate surface area is 232 Å². The number of carbonyl (C=O) groups excluding carboxylic acids is 1. The number of ether oxygens (including phenoxy) is 2. The van der Waals surface area contributed by atoms with Gasteiger partial charge in [0.1, 0.15) is 11.4 Å². The fourth-order valence-electron chi connectivity index (χ4n) is 4.39. The Morgan fingerprint density at radius 1 is 0.846 bits per heavy atom. The molecule has 39 heavy (non-hydrogen) atoms. The van der Waals surface area contributed by atoms with Crippen molar-refractivity contribution in [3.63, 3.8) is 0 Å². The highest BCUT2D eigenvalue weighted by Crippen LogP contribution is 2.22. The summed E-state index contributed by atoms with van der Waals surface area (Å²) < 4.78 is 11.8. The number of unbranched alkanes of at least 4 members (excludes halogenated alkanes) is 2. The molecule has 0 bridgehead atoms. The van der Waals surface area contributed by atoms with Gasteiger partial charge in [0, 0.05) is 13.1 Å². The van der Waals surface area contributed by atoms with Crippen LogP contribution in [-0.4, -0.2) is 40.8 Å². The van der Waals surface area contributed by atoms with E-state index in [1.807, 2.05) is 57.2 Å². The predicted molar refractivity (Wildman–Crippen MR) is 154 cm³/mol. The van der Waals surface area contributed by atoms with Crippen LogP contribution in [0.15, 0.2) is 72.8 Å². The van der Waals surface area contributed by atoms with Crippen LogP contribution in [0.25, 0.3) is 0 Å². The zero-order valence-corrected chi connectivity index (χ0v) is 23.6. The van der Waals surface area contributed by atoms with Gasteiger partial charge in [0.05, 0.1) is 12.2 Å². The van der Waals surface area contributed by atoms with Gasteiger partial charge in [-0.2, -0.15) is 0 Å². The van der Waals surface area contributed by atoms with Gasteiger partial charge in [-0.25, -0.2) is 9.59 Å². The van der Waals surface area contributed by atoms with Crippen LogP contribution in [-0.2, 0) is 24.1 Å². The van der Waals surface area contributed by atoms with E-state index in [1.165, 1.54) is 5.56 Å². The molecule has 0 radical (unpaired) electrons. The van der Waals surface area contributed by atoms with Crippen LogP contribution in [0, 0.1) is 6.92 Å². The molecule has 0 aliphatic rings. The first-order valence-electron chi connectivity index (χ1n) is 13.7. The first-order valence-corrected chi connectivity index (χ1v) is 13.7. The summed E-state index contributed by atoms with van der Waals surface area (Å²) in [5.41, 5.74) is 3.54. The minimum atomic E-state index is -0.962. The van der Waals surface area contributed by atoms with Crippen molar-refractivity contribution in [1.29, 1.82) is 0 Å². The maximum atomic E-state index is 13.1. The Morgan fingerprint density at radius 2 is 1.56 bits per heavy atom. The summed E-state index contributed by atoms with van der Waals surface area (Å²) in [4.78, 5) is 26.2. The molecule has 0 fully saturated rings. The van der Waals surface area contributed by atoms with Crippen molar-refractivity contribution in [2.75, 3.05) is 13.2 Å². The van der Waals surface area contributed by atoms with E-state index in [9.17, 15) is 14.7 Å². The highest BCUT2D eigenvalue weighted by Gasteiger charge is 2.23. The van der Waals surface area contributed by atoms with Crippen LogP contribution >= 0.6 is 0 Å². The zero-order valence-electron chi connectivity index (χ0n) is 23.6. The average molecular weight is 532 g/mol. The molecule has 208 valence electrons. The van der Waals surface area contributed by atoms with Crippen LogP contribution in [0.3, 0.4) is 0 Å². The normalized spacial score (nSPS) is 11.2. The quantitative estimate of drug-likeness (QED) is 0.232. The van der Waals surface area contributed by atoms with Gasteiger partial charge in [-0.15, -0.1) is 0 Å². The average Bonchev–Trinajstić information content (AvgIpc) is 2.88. The van der Waals surface area contributed by atoms with Gasteiger partial charge in [0.15, 0.2) is 0 Å². The van der Waals surface area contributed by atoms with Crippen LogP contribution in [0.2, 0.25) is 0 Å². The summed E-state index contributed by atoms with van der Waals surface area (Å²) in [6, 6.07) is 23.6. The van der Waals surface area contributed by atoms with Crippen LogP contribution in [0.1, 0.15) is 72.6 Å². The van der Waals surface area contributed by atoms with E-state index in [4.69, 9.17) is 9.47 Å². The molecule has 0 aliphatic carbocycles. The molecule has 1 N–H and O–H groups in total. The highest BCUT2D eigenvalue weighted by molar-refractivity contribution is 5.89. The van der Waals surface area contributed by atoms with E-state index < -0.39 is 17.7 Å². The van der Waals surface area contributed by atoms with Crippen molar-refractivity contribution >= 4 is 12.1 Å². The Hall–Kier alpha value is -3.80. The lowest BCUT2D eigenvalue weighted by Crippen LogP contribution is -2.37. The maximum Gasteiger partial charge on any atom is 0.410 e. The summed E-state index contributed by atoms with van der Waals surface area (Å²) in [5.74, 6) is -0.123. The van der Waals surface area contributed by atoms with Crippen molar-refractivity contribution in [2.45, 2.75) is 71.9 Å². The second kappa shape index (κ2) is 14.4. The van der Waals surface area contributed by atoms with Gasteiger partial charge in [0.25, 0.3) is 0 Å². The van der Waals surface area contributed by atoms with Crippen molar-refractivity contribution < 1.29 is 24.2 Å². The lowest BCUT2D eigenvalue weighted by atomic mass is 10.0. The SMILES string of the molecule is Cc1cc(CN(CCc2ccccc2OCCCCCc2ccccc2)C(=O)OC(C)(C)C)ccc1C(=O)O. The number of carbonyl (C=O) groups is 2. The first kappa shape index (κ1) is 29.8. The summed E-state index contributed by atoms with van der Waals surface area (Å²) in [6.07, 6.45) is 4.50. The van der Waals surface area contributed by atoms with E-state index in [1.54, 1.807) is 24.0 Å².